The smallest absolute Gasteiger partial charge is 0.227 e. The zero-order chi connectivity index (χ0) is 22.1. The Kier molecular flexibility index (Phi) is 5.35. The number of hydrogen-bond donors (Lipinski definition) is 0. The number of ether oxygens (including phenoxy) is 1. The third kappa shape index (κ3) is 3.73. The maximum absolute atomic E-state index is 13.4. The van der Waals surface area contributed by atoms with Crippen molar-refractivity contribution in [1.29, 1.82) is 0 Å². The summed E-state index contributed by atoms with van der Waals surface area (Å²) in [5.74, 6) is 1.34. The first-order valence-corrected chi connectivity index (χ1v) is 10.9. The van der Waals surface area contributed by atoms with Gasteiger partial charge in [0, 0.05) is 25.4 Å². The van der Waals surface area contributed by atoms with Crippen LogP contribution in [0.4, 0.5) is 10.1 Å². The molecular formula is C26H24FN3O2. The molecule has 0 spiro atoms. The van der Waals surface area contributed by atoms with Crippen molar-refractivity contribution in [3.63, 3.8) is 0 Å². The van der Waals surface area contributed by atoms with Crippen molar-refractivity contribution < 1.29 is 13.9 Å². The van der Waals surface area contributed by atoms with Gasteiger partial charge in [-0.05, 0) is 48.9 Å². The van der Waals surface area contributed by atoms with E-state index in [1.165, 1.54) is 12.1 Å². The summed E-state index contributed by atoms with van der Waals surface area (Å²) in [5.41, 5.74) is 3.68. The van der Waals surface area contributed by atoms with Gasteiger partial charge in [0.25, 0.3) is 0 Å². The van der Waals surface area contributed by atoms with Gasteiger partial charge in [-0.25, -0.2) is 9.37 Å². The Labute approximate surface area is 186 Å². The maximum Gasteiger partial charge on any atom is 0.227 e. The standard InChI is InChI=1S/C26H24FN3O2/c1-2-32-24-10-6-5-9-23(24)29-17-19(15-25(29)31)26-28-21-7-3-4-8-22(21)30(26)16-18-11-13-20(27)14-12-18/h3-14,19H,2,15-17H2,1H3/t19-/m0/s1. The Hall–Kier alpha value is -3.67. The number of anilines is 1. The highest BCUT2D eigenvalue weighted by Crippen LogP contribution is 2.37. The van der Waals surface area contributed by atoms with E-state index in [0.29, 0.717) is 31.9 Å². The highest BCUT2D eigenvalue weighted by Gasteiger charge is 2.36. The second kappa shape index (κ2) is 8.46. The molecule has 5 nitrogen and oxygen atoms in total. The molecule has 1 amide bonds. The average molecular weight is 429 g/mol. The number of halogens is 1. The fraction of sp³-hybridized carbons (Fsp3) is 0.231. The van der Waals surface area contributed by atoms with Crippen LogP contribution in [-0.2, 0) is 11.3 Å². The molecule has 6 heteroatoms. The number of carbonyl (C=O) groups excluding carboxylic acids is 1. The molecule has 1 aliphatic rings. The quantitative estimate of drug-likeness (QED) is 0.426. The first kappa shape index (κ1) is 20.2. The summed E-state index contributed by atoms with van der Waals surface area (Å²) in [5, 5.41) is 0. The second-order valence-corrected chi connectivity index (χ2v) is 7.98. The van der Waals surface area contributed by atoms with Crippen LogP contribution in [0.15, 0.2) is 72.8 Å². The highest BCUT2D eigenvalue weighted by atomic mass is 19.1. The minimum absolute atomic E-state index is 0.0509. The molecule has 2 heterocycles. The Balaban J connectivity index is 1.51. The second-order valence-electron chi connectivity index (χ2n) is 7.98. The van der Waals surface area contributed by atoms with Gasteiger partial charge in [0.15, 0.2) is 0 Å². The summed E-state index contributed by atoms with van der Waals surface area (Å²) in [6.45, 7) is 3.57. The van der Waals surface area contributed by atoms with Crippen LogP contribution >= 0.6 is 0 Å². The minimum atomic E-state index is -0.255. The normalized spacial score (nSPS) is 16.1. The van der Waals surface area contributed by atoms with Crippen molar-refractivity contribution >= 4 is 22.6 Å². The van der Waals surface area contributed by atoms with E-state index in [9.17, 15) is 9.18 Å². The van der Waals surface area contributed by atoms with Gasteiger partial charge in [-0.1, -0.05) is 36.4 Å². The number of nitrogens with zero attached hydrogens (tertiary/aromatic N) is 3. The largest absolute Gasteiger partial charge is 0.492 e. The molecule has 0 N–H and O–H groups in total. The number of rotatable bonds is 6. The zero-order valence-corrected chi connectivity index (χ0v) is 17.9. The summed E-state index contributed by atoms with van der Waals surface area (Å²) in [6.07, 6.45) is 0.382. The molecule has 4 aromatic rings. The molecule has 0 bridgehead atoms. The Morgan fingerprint density at radius 2 is 1.78 bits per heavy atom. The lowest BCUT2D eigenvalue weighted by Gasteiger charge is -2.20. The highest BCUT2D eigenvalue weighted by molar-refractivity contribution is 5.97. The lowest BCUT2D eigenvalue weighted by molar-refractivity contribution is -0.117. The van der Waals surface area contributed by atoms with E-state index in [4.69, 9.17) is 9.72 Å². The number of fused-ring (bicyclic) bond motifs is 1. The van der Waals surface area contributed by atoms with Gasteiger partial charge in [0.1, 0.15) is 17.4 Å². The van der Waals surface area contributed by atoms with Gasteiger partial charge in [-0.3, -0.25) is 4.79 Å². The minimum Gasteiger partial charge on any atom is -0.492 e. The van der Waals surface area contributed by atoms with E-state index in [-0.39, 0.29) is 17.6 Å². The predicted molar refractivity (Wildman–Crippen MR) is 123 cm³/mol. The lowest BCUT2D eigenvalue weighted by Crippen LogP contribution is -2.25. The molecule has 0 saturated carbocycles. The van der Waals surface area contributed by atoms with Gasteiger partial charge < -0.3 is 14.2 Å². The van der Waals surface area contributed by atoms with Gasteiger partial charge in [0.2, 0.25) is 5.91 Å². The molecule has 0 radical (unpaired) electrons. The van der Waals surface area contributed by atoms with Crippen LogP contribution in [0.3, 0.4) is 0 Å². The molecule has 0 unspecified atom stereocenters. The lowest BCUT2D eigenvalue weighted by atomic mass is 10.1. The molecule has 162 valence electrons. The number of benzene rings is 3. The number of para-hydroxylation sites is 4. The van der Waals surface area contributed by atoms with E-state index < -0.39 is 0 Å². The van der Waals surface area contributed by atoms with Crippen molar-refractivity contribution in [3.8, 4) is 5.75 Å². The average Bonchev–Trinajstić information content (AvgIpc) is 3.36. The van der Waals surface area contributed by atoms with Gasteiger partial charge in [0.05, 0.1) is 23.3 Å². The molecule has 0 aliphatic carbocycles. The monoisotopic (exact) mass is 429 g/mol. The van der Waals surface area contributed by atoms with E-state index in [0.717, 1.165) is 28.1 Å². The Morgan fingerprint density at radius 3 is 2.59 bits per heavy atom. The Bertz CT molecular complexity index is 1270. The summed E-state index contributed by atoms with van der Waals surface area (Å²) < 4.78 is 21.3. The summed E-state index contributed by atoms with van der Waals surface area (Å²) in [4.78, 5) is 19.7. The fourth-order valence-electron chi connectivity index (χ4n) is 4.42. The molecule has 32 heavy (non-hydrogen) atoms. The first-order valence-electron chi connectivity index (χ1n) is 10.9. The van der Waals surface area contributed by atoms with Crippen molar-refractivity contribution in [2.45, 2.75) is 25.8 Å². The molecular weight excluding hydrogens is 405 g/mol. The molecule has 3 aromatic carbocycles. The number of amides is 1. The first-order chi connectivity index (χ1) is 15.6. The van der Waals surface area contributed by atoms with E-state index in [1.54, 1.807) is 17.0 Å². The fourth-order valence-corrected chi connectivity index (χ4v) is 4.42. The van der Waals surface area contributed by atoms with Crippen molar-refractivity contribution in [1.82, 2.24) is 9.55 Å². The molecule has 1 saturated heterocycles. The Morgan fingerprint density at radius 1 is 1.03 bits per heavy atom. The van der Waals surface area contributed by atoms with Crippen molar-refractivity contribution in [3.05, 3.63) is 90.0 Å². The number of carbonyl (C=O) groups is 1. The van der Waals surface area contributed by atoms with Crippen LogP contribution in [-0.4, -0.2) is 28.6 Å². The van der Waals surface area contributed by atoms with Crippen LogP contribution in [0.25, 0.3) is 11.0 Å². The number of aromatic nitrogens is 2. The van der Waals surface area contributed by atoms with Gasteiger partial charge >= 0.3 is 0 Å². The summed E-state index contributed by atoms with van der Waals surface area (Å²) in [6, 6.07) is 22.1. The third-order valence-electron chi connectivity index (χ3n) is 5.88. The summed E-state index contributed by atoms with van der Waals surface area (Å²) in [7, 11) is 0. The molecule has 1 aliphatic heterocycles. The van der Waals surface area contributed by atoms with E-state index in [1.807, 2.05) is 55.5 Å². The molecule has 5 rings (SSSR count). The van der Waals surface area contributed by atoms with Crippen molar-refractivity contribution in [2.75, 3.05) is 18.1 Å². The van der Waals surface area contributed by atoms with E-state index in [2.05, 4.69) is 4.57 Å². The van der Waals surface area contributed by atoms with Crippen LogP contribution in [0.2, 0.25) is 0 Å². The summed E-state index contributed by atoms with van der Waals surface area (Å²) >= 11 is 0. The molecule has 1 aromatic heterocycles. The number of imidazole rings is 1. The predicted octanol–water partition coefficient (Wildman–Crippen LogP) is 5.14. The maximum atomic E-state index is 13.4. The molecule has 1 fully saturated rings. The topological polar surface area (TPSA) is 47.4 Å². The van der Waals surface area contributed by atoms with Gasteiger partial charge in [-0.2, -0.15) is 0 Å². The van der Waals surface area contributed by atoms with Crippen LogP contribution in [0.5, 0.6) is 5.75 Å². The van der Waals surface area contributed by atoms with E-state index >= 15 is 0 Å². The van der Waals surface area contributed by atoms with Crippen LogP contribution in [0, 0.1) is 5.82 Å². The number of hydrogen-bond acceptors (Lipinski definition) is 3. The molecule has 1 atom stereocenters. The van der Waals surface area contributed by atoms with Gasteiger partial charge in [-0.15, -0.1) is 0 Å². The van der Waals surface area contributed by atoms with Crippen LogP contribution < -0.4 is 9.64 Å². The SMILES string of the molecule is CCOc1ccccc1N1C[C@@H](c2nc3ccccc3n2Cc2ccc(F)cc2)CC1=O. The zero-order valence-electron chi connectivity index (χ0n) is 17.9. The van der Waals surface area contributed by atoms with Crippen LogP contribution in [0.1, 0.15) is 30.7 Å². The van der Waals surface area contributed by atoms with Crippen molar-refractivity contribution in [2.24, 2.45) is 0 Å². The third-order valence-corrected chi connectivity index (χ3v) is 5.88.